The van der Waals surface area contributed by atoms with Crippen molar-refractivity contribution in [1.82, 2.24) is 9.97 Å². The van der Waals surface area contributed by atoms with E-state index in [-0.39, 0.29) is 11.5 Å². The van der Waals surface area contributed by atoms with Crippen LogP contribution in [-0.2, 0) is 0 Å². The Hall–Kier alpha value is -2.15. The van der Waals surface area contributed by atoms with Crippen LogP contribution >= 0.6 is 15.9 Å². The van der Waals surface area contributed by atoms with Crippen LogP contribution in [0.2, 0.25) is 0 Å². The van der Waals surface area contributed by atoms with Crippen LogP contribution in [0.1, 0.15) is 31.0 Å². The van der Waals surface area contributed by atoms with Gasteiger partial charge in [0.2, 0.25) is 5.88 Å². The Morgan fingerprint density at radius 2 is 2.10 bits per heavy atom. The maximum absolute atomic E-state index is 8.58. The molecular weight excluding hydrogens is 336 g/mol. The number of amidine groups is 1. The molecule has 0 unspecified atom stereocenters. The predicted molar refractivity (Wildman–Crippen MR) is 82.8 cm³/mol. The minimum Gasteiger partial charge on any atom is -0.437 e. The number of nitrogens with zero attached hydrogens (tertiary/aromatic N) is 3. The molecule has 2 aromatic rings. The second-order valence-electron chi connectivity index (χ2n) is 4.66. The number of hydrogen-bond acceptors (Lipinski definition) is 5. The highest BCUT2D eigenvalue weighted by molar-refractivity contribution is 9.10. The van der Waals surface area contributed by atoms with E-state index in [2.05, 4.69) is 44.9 Å². The van der Waals surface area contributed by atoms with Gasteiger partial charge in [-0.3, -0.25) is 0 Å². The zero-order valence-corrected chi connectivity index (χ0v) is 13.2. The second kappa shape index (κ2) is 6.53. The Bertz CT molecular complexity index is 657. The minimum atomic E-state index is -0.0967. The molecule has 0 aliphatic rings. The van der Waals surface area contributed by atoms with Gasteiger partial charge in [0.05, 0.1) is 12.4 Å². The van der Waals surface area contributed by atoms with Gasteiger partial charge in [-0.2, -0.15) is 0 Å². The molecule has 0 amide bonds. The van der Waals surface area contributed by atoms with E-state index in [9.17, 15) is 0 Å². The normalized spacial score (nSPS) is 11.7. The fraction of sp³-hybridized carbons (Fsp3) is 0.214. The highest BCUT2D eigenvalue weighted by Gasteiger charge is 2.11. The van der Waals surface area contributed by atoms with Crippen LogP contribution in [0.25, 0.3) is 0 Å². The molecule has 0 bridgehead atoms. The number of nitrogens with two attached hydrogens (primary N) is 1. The summed E-state index contributed by atoms with van der Waals surface area (Å²) in [7, 11) is 0. The third-order valence-corrected chi connectivity index (χ3v) is 3.30. The van der Waals surface area contributed by atoms with Crippen LogP contribution in [0.15, 0.2) is 40.2 Å². The number of halogens is 1. The molecule has 6 nitrogen and oxygen atoms in total. The Morgan fingerprint density at radius 3 is 2.67 bits per heavy atom. The van der Waals surface area contributed by atoms with Gasteiger partial charge >= 0.3 is 0 Å². The van der Waals surface area contributed by atoms with Crippen LogP contribution in [0, 0.1) is 0 Å². The standard InChI is InChI=1S/C14H15BrN4O2/c1-8(2)10-5-9(15)3-4-12(10)21-13-7-17-11(6-18-13)14(16)19-20/h3-8,20H,1-2H3,(H2,16,19). The van der Waals surface area contributed by atoms with E-state index in [0.29, 0.717) is 11.8 Å². The quantitative estimate of drug-likeness (QED) is 0.382. The molecule has 0 aliphatic carbocycles. The van der Waals surface area contributed by atoms with Crippen molar-refractivity contribution in [2.24, 2.45) is 10.9 Å². The van der Waals surface area contributed by atoms with Crippen molar-refractivity contribution >= 4 is 21.8 Å². The smallest absolute Gasteiger partial charge is 0.237 e. The van der Waals surface area contributed by atoms with Gasteiger partial charge in [-0.1, -0.05) is 34.9 Å². The average molecular weight is 351 g/mol. The van der Waals surface area contributed by atoms with Crippen LogP contribution in [0.5, 0.6) is 11.6 Å². The SMILES string of the molecule is CC(C)c1cc(Br)ccc1Oc1cnc(/C(N)=N/O)cn1. The third-order valence-electron chi connectivity index (χ3n) is 2.81. The first-order valence-corrected chi connectivity index (χ1v) is 7.07. The zero-order valence-electron chi connectivity index (χ0n) is 11.6. The van der Waals surface area contributed by atoms with E-state index in [1.807, 2.05) is 18.2 Å². The van der Waals surface area contributed by atoms with E-state index in [1.165, 1.54) is 12.4 Å². The van der Waals surface area contributed by atoms with E-state index < -0.39 is 0 Å². The molecule has 7 heteroatoms. The van der Waals surface area contributed by atoms with Gasteiger partial charge in [0.1, 0.15) is 11.4 Å². The van der Waals surface area contributed by atoms with Gasteiger partial charge in [0.15, 0.2) is 5.84 Å². The topological polar surface area (TPSA) is 93.6 Å². The molecular formula is C14H15BrN4O2. The number of ether oxygens (including phenoxy) is 1. The Balaban J connectivity index is 2.26. The van der Waals surface area contributed by atoms with Crippen molar-refractivity contribution in [2.75, 3.05) is 0 Å². The lowest BCUT2D eigenvalue weighted by Crippen LogP contribution is -2.15. The minimum absolute atomic E-state index is 0.0967. The van der Waals surface area contributed by atoms with Crippen LogP contribution in [0.3, 0.4) is 0 Å². The molecule has 0 aliphatic heterocycles. The third kappa shape index (κ3) is 3.69. The van der Waals surface area contributed by atoms with Gasteiger partial charge in [0, 0.05) is 4.47 Å². The summed E-state index contributed by atoms with van der Waals surface area (Å²) in [5, 5.41) is 11.4. The molecule has 0 saturated heterocycles. The molecule has 1 aromatic carbocycles. The summed E-state index contributed by atoms with van der Waals surface area (Å²) in [4.78, 5) is 8.12. The first-order chi connectivity index (χ1) is 10.0. The van der Waals surface area contributed by atoms with Gasteiger partial charge in [-0.05, 0) is 29.7 Å². The Morgan fingerprint density at radius 1 is 1.33 bits per heavy atom. The maximum Gasteiger partial charge on any atom is 0.237 e. The molecule has 0 saturated carbocycles. The Labute approximate surface area is 130 Å². The first kappa shape index (κ1) is 15.2. The van der Waals surface area contributed by atoms with Crippen molar-refractivity contribution in [3.8, 4) is 11.6 Å². The van der Waals surface area contributed by atoms with E-state index in [0.717, 1.165) is 15.8 Å². The average Bonchev–Trinajstić information content (AvgIpc) is 2.49. The molecule has 3 N–H and O–H groups in total. The first-order valence-electron chi connectivity index (χ1n) is 6.28. The summed E-state index contributed by atoms with van der Waals surface area (Å²) in [6.45, 7) is 4.17. The van der Waals surface area contributed by atoms with E-state index in [1.54, 1.807) is 0 Å². The lowest BCUT2D eigenvalue weighted by Gasteiger charge is -2.13. The summed E-state index contributed by atoms with van der Waals surface area (Å²) in [5.41, 5.74) is 6.77. The highest BCUT2D eigenvalue weighted by atomic mass is 79.9. The number of rotatable bonds is 4. The van der Waals surface area contributed by atoms with Crippen molar-refractivity contribution in [1.29, 1.82) is 0 Å². The second-order valence-corrected chi connectivity index (χ2v) is 5.58. The zero-order chi connectivity index (χ0) is 15.4. The molecule has 1 aromatic heterocycles. The summed E-state index contributed by atoms with van der Waals surface area (Å²) in [6.07, 6.45) is 2.82. The van der Waals surface area contributed by atoms with Crippen molar-refractivity contribution in [3.05, 3.63) is 46.3 Å². The van der Waals surface area contributed by atoms with Crippen molar-refractivity contribution < 1.29 is 9.94 Å². The molecule has 0 spiro atoms. The summed E-state index contributed by atoms with van der Waals surface area (Å²) in [6, 6.07) is 5.79. The summed E-state index contributed by atoms with van der Waals surface area (Å²) < 4.78 is 6.75. The summed E-state index contributed by atoms with van der Waals surface area (Å²) in [5.74, 6) is 1.27. The van der Waals surface area contributed by atoms with Crippen molar-refractivity contribution in [2.45, 2.75) is 19.8 Å². The molecule has 0 radical (unpaired) electrons. The number of hydrogen-bond donors (Lipinski definition) is 2. The predicted octanol–water partition coefficient (Wildman–Crippen LogP) is 3.25. The summed E-state index contributed by atoms with van der Waals surface area (Å²) >= 11 is 3.45. The number of benzene rings is 1. The van der Waals surface area contributed by atoms with Gasteiger partial charge in [0.25, 0.3) is 0 Å². The molecule has 110 valence electrons. The lowest BCUT2D eigenvalue weighted by molar-refractivity contribution is 0.318. The van der Waals surface area contributed by atoms with E-state index in [4.69, 9.17) is 15.7 Å². The van der Waals surface area contributed by atoms with E-state index >= 15 is 0 Å². The monoisotopic (exact) mass is 350 g/mol. The maximum atomic E-state index is 8.58. The molecule has 0 fully saturated rings. The molecule has 1 heterocycles. The number of oxime groups is 1. The van der Waals surface area contributed by atoms with Crippen LogP contribution < -0.4 is 10.5 Å². The van der Waals surface area contributed by atoms with Crippen LogP contribution in [0.4, 0.5) is 0 Å². The van der Waals surface area contributed by atoms with Gasteiger partial charge in [-0.15, -0.1) is 0 Å². The largest absolute Gasteiger partial charge is 0.437 e. The van der Waals surface area contributed by atoms with Gasteiger partial charge < -0.3 is 15.7 Å². The van der Waals surface area contributed by atoms with Gasteiger partial charge in [-0.25, -0.2) is 9.97 Å². The molecule has 0 atom stereocenters. The fourth-order valence-corrected chi connectivity index (χ4v) is 2.11. The van der Waals surface area contributed by atoms with Crippen molar-refractivity contribution in [3.63, 3.8) is 0 Å². The fourth-order valence-electron chi connectivity index (χ4n) is 1.73. The van der Waals surface area contributed by atoms with Crippen LogP contribution in [-0.4, -0.2) is 21.0 Å². The lowest BCUT2D eigenvalue weighted by atomic mass is 10.0. The molecule has 21 heavy (non-hydrogen) atoms. The molecule has 2 rings (SSSR count). The Kier molecular flexibility index (Phi) is 4.74. The highest BCUT2D eigenvalue weighted by Crippen LogP contribution is 2.32. The number of aromatic nitrogens is 2.